The molecule has 0 aliphatic heterocycles. The van der Waals surface area contributed by atoms with Gasteiger partial charge in [-0.05, 0) is 0 Å². The van der Waals surface area contributed by atoms with Crippen LogP contribution in [0.1, 0.15) is 2.85 Å². The molecule has 0 rings (SSSR count). The fraction of sp³-hybridized carbons (Fsp3) is 0. The van der Waals surface area contributed by atoms with Gasteiger partial charge in [0.2, 0.25) is 0 Å². The van der Waals surface area contributed by atoms with E-state index >= 15 is 0 Å². The Hall–Kier alpha value is 2.45. The SMILES string of the molecule is [AlH2].[AlH3].[H-].[H-].[Mg+2].[Zn]. The van der Waals surface area contributed by atoms with E-state index in [-0.39, 0.29) is 80.1 Å². The molecule has 1 radical (unpaired) electrons. The van der Waals surface area contributed by atoms with Crippen LogP contribution in [0.4, 0.5) is 0 Å². The van der Waals surface area contributed by atoms with Gasteiger partial charge in [-0.15, -0.1) is 0 Å². The van der Waals surface area contributed by atoms with Crippen molar-refractivity contribution in [1.29, 1.82) is 0 Å². The van der Waals surface area contributed by atoms with Crippen molar-refractivity contribution in [1.82, 2.24) is 0 Å². The molecular formula is H7Al2MgZn. The first-order chi connectivity index (χ1) is 0. The molecule has 0 spiro atoms. The molecule has 0 aliphatic carbocycles. The van der Waals surface area contributed by atoms with E-state index in [2.05, 4.69) is 0 Å². The van der Waals surface area contributed by atoms with Crippen molar-refractivity contribution in [2.45, 2.75) is 0 Å². The van der Waals surface area contributed by atoms with Gasteiger partial charge in [0.25, 0.3) is 0 Å². The molecule has 0 aromatic heterocycles. The van der Waals surface area contributed by atoms with E-state index in [9.17, 15) is 0 Å². The van der Waals surface area contributed by atoms with E-state index in [4.69, 9.17) is 0 Å². The second-order valence-corrected chi connectivity index (χ2v) is 0. The molecule has 4 heavy (non-hydrogen) atoms. The molecule has 0 fully saturated rings. The molecule has 0 saturated carbocycles. The molecule has 0 amide bonds. The van der Waals surface area contributed by atoms with Crippen LogP contribution >= 0.6 is 0 Å². The number of hydrogen-bond donors (Lipinski definition) is 0. The van der Waals surface area contributed by atoms with Gasteiger partial charge in [0.1, 0.15) is 17.4 Å². The predicted molar refractivity (Wildman–Crippen MR) is 26.5 cm³/mol. The van der Waals surface area contributed by atoms with Gasteiger partial charge in [-0.1, -0.05) is 0 Å². The van der Waals surface area contributed by atoms with Gasteiger partial charge in [-0.2, -0.15) is 0 Å². The van der Waals surface area contributed by atoms with Crippen molar-refractivity contribution in [2.24, 2.45) is 0 Å². The van der Waals surface area contributed by atoms with Crippen molar-refractivity contribution < 1.29 is 22.3 Å². The summed E-state index contributed by atoms with van der Waals surface area (Å²) in [6, 6.07) is 0. The maximum atomic E-state index is 0. The maximum Gasteiger partial charge on any atom is 2.00 e. The molecule has 0 aromatic carbocycles. The third-order valence-electron chi connectivity index (χ3n) is 0. The minimum absolute atomic E-state index is 0. The standard InChI is InChI=1S/2Al.Mg.Zn.7H/q;;+2;;;;;;;2*-1. The first-order valence-corrected chi connectivity index (χ1v) is 0. The summed E-state index contributed by atoms with van der Waals surface area (Å²) in [5.74, 6) is 0. The van der Waals surface area contributed by atoms with Gasteiger partial charge >= 0.3 is 23.1 Å². The topological polar surface area (TPSA) is 0 Å². The molecule has 0 bridgehead atoms. The van der Waals surface area contributed by atoms with Crippen LogP contribution in [-0.2, 0) is 19.5 Å². The molecule has 0 nitrogen and oxygen atoms in total. The summed E-state index contributed by atoms with van der Waals surface area (Å²) >= 11 is 0. The van der Waals surface area contributed by atoms with E-state index in [1.165, 1.54) is 0 Å². The van der Waals surface area contributed by atoms with Crippen molar-refractivity contribution in [2.75, 3.05) is 0 Å². The molecule has 0 aromatic rings. The van der Waals surface area contributed by atoms with Gasteiger partial charge in [0.15, 0.2) is 17.4 Å². The molecule has 0 atom stereocenters. The number of rotatable bonds is 0. The Balaban J connectivity index is 0. The smallest absolute Gasteiger partial charge is 1.00 e. The molecule has 0 aliphatic rings. The van der Waals surface area contributed by atoms with E-state index < -0.39 is 0 Å². The summed E-state index contributed by atoms with van der Waals surface area (Å²) in [6.45, 7) is 0. The molecule has 4 heteroatoms. The Labute approximate surface area is 79.2 Å². The average Bonchev–Trinajstić information content (AvgIpc) is 0. The summed E-state index contributed by atoms with van der Waals surface area (Å²) < 4.78 is 0. The van der Waals surface area contributed by atoms with Crippen LogP contribution in [0.25, 0.3) is 0 Å². The first-order valence-electron chi connectivity index (χ1n) is 0. The van der Waals surface area contributed by atoms with Crippen LogP contribution in [-0.4, -0.2) is 57.8 Å². The normalized spacial score (nSPS) is 0. The third-order valence-corrected chi connectivity index (χ3v) is 0. The van der Waals surface area contributed by atoms with E-state index in [0.29, 0.717) is 0 Å². The fourth-order valence-electron chi connectivity index (χ4n) is 0. The van der Waals surface area contributed by atoms with Gasteiger partial charge in [-0.25, -0.2) is 0 Å². The predicted octanol–water partition coefficient (Wildman–Crippen LogP) is -2.26. The Morgan fingerprint density at radius 1 is 1.25 bits per heavy atom. The van der Waals surface area contributed by atoms with Crippen LogP contribution in [0.2, 0.25) is 0 Å². The van der Waals surface area contributed by atoms with Crippen molar-refractivity contribution in [3.05, 3.63) is 0 Å². The van der Waals surface area contributed by atoms with Gasteiger partial charge in [0.05, 0.1) is 0 Å². The molecule has 0 heterocycles. The Bertz CT molecular complexity index is 11.5. The van der Waals surface area contributed by atoms with Gasteiger partial charge < -0.3 is 2.85 Å². The van der Waals surface area contributed by atoms with Crippen molar-refractivity contribution in [3.8, 4) is 0 Å². The van der Waals surface area contributed by atoms with Crippen LogP contribution in [0.15, 0.2) is 0 Å². The van der Waals surface area contributed by atoms with Crippen LogP contribution in [0.5, 0.6) is 0 Å². The molecular weight excluding hydrogens is 144 g/mol. The van der Waals surface area contributed by atoms with Crippen molar-refractivity contribution >= 4 is 57.8 Å². The van der Waals surface area contributed by atoms with E-state index in [0.717, 1.165) is 0 Å². The van der Waals surface area contributed by atoms with Gasteiger partial charge in [0, 0.05) is 19.5 Å². The summed E-state index contributed by atoms with van der Waals surface area (Å²) in [6.07, 6.45) is 0. The Kier molecular flexibility index (Phi) is 143. The zero-order valence-electron chi connectivity index (χ0n) is 4.41. The minimum Gasteiger partial charge on any atom is -1.00 e. The summed E-state index contributed by atoms with van der Waals surface area (Å²) in [7, 11) is 0. The van der Waals surface area contributed by atoms with Crippen molar-refractivity contribution in [3.63, 3.8) is 0 Å². The fourth-order valence-corrected chi connectivity index (χ4v) is 0. The minimum atomic E-state index is 0. The second-order valence-electron chi connectivity index (χ2n) is 0. The largest absolute Gasteiger partial charge is 2.00 e. The average molecular weight is 151 g/mol. The van der Waals surface area contributed by atoms with Crippen LogP contribution in [0, 0.1) is 0 Å². The number of hydrogen-bond acceptors (Lipinski definition) is 0. The van der Waals surface area contributed by atoms with E-state index in [1.54, 1.807) is 0 Å². The maximum absolute atomic E-state index is 0. The molecule has 0 saturated heterocycles. The summed E-state index contributed by atoms with van der Waals surface area (Å²) in [5, 5.41) is 0. The second kappa shape index (κ2) is 18.0. The van der Waals surface area contributed by atoms with Gasteiger partial charge in [-0.3, -0.25) is 0 Å². The molecule has 17 valence electrons. The molecule has 0 unspecified atom stereocenters. The summed E-state index contributed by atoms with van der Waals surface area (Å²) in [5.41, 5.74) is 0. The monoisotopic (exact) mass is 149 g/mol. The molecule has 0 N–H and O–H groups in total. The summed E-state index contributed by atoms with van der Waals surface area (Å²) in [4.78, 5) is 0. The van der Waals surface area contributed by atoms with Crippen LogP contribution in [0.3, 0.4) is 0 Å². The Morgan fingerprint density at radius 2 is 1.25 bits per heavy atom. The quantitative estimate of drug-likeness (QED) is 0.342. The van der Waals surface area contributed by atoms with Crippen LogP contribution < -0.4 is 0 Å². The zero-order chi connectivity index (χ0) is 0. The zero-order valence-corrected chi connectivity index (χ0v) is 8.80. The Morgan fingerprint density at radius 3 is 1.25 bits per heavy atom. The third kappa shape index (κ3) is 8.82. The first kappa shape index (κ1) is 31.9. The van der Waals surface area contributed by atoms with E-state index in [1.807, 2.05) is 0 Å².